The van der Waals surface area contributed by atoms with E-state index in [9.17, 15) is 9.59 Å². The molecule has 0 aromatic heterocycles. The molecule has 0 aromatic rings. The van der Waals surface area contributed by atoms with Gasteiger partial charge in [0.2, 0.25) is 0 Å². The Bertz CT molecular complexity index is 292. The fourth-order valence-corrected chi connectivity index (χ4v) is 1.22. The average Bonchev–Trinajstić information content (AvgIpc) is 2.86. The third kappa shape index (κ3) is 1.93. The summed E-state index contributed by atoms with van der Waals surface area (Å²) in [4.78, 5) is 21.6. The second-order valence-electron chi connectivity index (χ2n) is 3.58. The number of hydrogen-bond donors (Lipinski definition) is 2. The number of rotatable bonds is 5. The van der Waals surface area contributed by atoms with Crippen LogP contribution in [0.1, 0.15) is 13.3 Å². The van der Waals surface area contributed by atoms with Gasteiger partial charge in [0.15, 0.2) is 0 Å². The summed E-state index contributed by atoms with van der Waals surface area (Å²) < 4.78 is 4.89. The second kappa shape index (κ2) is 3.42. The summed E-state index contributed by atoms with van der Waals surface area (Å²) >= 11 is 0. The van der Waals surface area contributed by atoms with Crippen molar-refractivity contribution in [2.75, 3.05) is 6.61 Å². The summed E-state index contributed by atoms with van der Waals surface area (Å²) in [5.41, 5.74) is -1.74. The van der Waals surface area contributed by atoms with Crippen molar-refractivity contribution in [2.24, 2.45) is 5.41 Å². The molecule has 1 aliphatic heterocycles. The zero-order chi connectivity index (χ0) is 10.9. The Morgan fingerprint density at radius 3 is 2.36 bits per heavy atom. The van der Waals surface area contributed by atoms with E-state index in [1.807, 2.05) is 0 Å². The molecule has 0 radical (unpaired) electrons. The lowest BCUT2D eigenvalue weighted by Gasteiger charge is -2.23. The van der Waals surface area contributed by atoms with Gasteiger partial charge in [0, 0.05) is 5.57 Å². The van der Waals surface area contributed by atoms with E-state index in [1.54, 1.807) is 0 Å². The molecule has 0 aliphatic carbocycles. The predicted octanol–water partition coefficient (Wildman–Crippen LogP) is 0.507. The summed E-state index contributed by atoms with van der Waals surface area (Å²) in [6.45, 7) is 5.14. The molecule has 1 fully saturated rings. The molecule has 1 rings (SSSR count). The van der Waals surface area contributed by atoms with Crippen LogP contribution in [0.3, 0.4) is 0 Å². The minimum atomic E-state index is -1.44. The maximum Gasteiger partial charge on any atom is 0.332 e. The minimum Gasteiger partial charge on any atom is -0.481 e. The van der Waals surface area contributed by atoms with Gasteiger partial charge in [-0.15, -0.1) is 0 Å². The highest BCUT2D eigenvalue weighted by Crippen LogP contribution is 2.35. The summed E-state index contributed by atoms with van der Waals surface area (Å²) in [6, 6.07) is 0. The Balaban J connectivity index is 2.84. The van der Waals surface area contributed by atoms with Crippen molar-refractivity contribution in [3.63, 3.8) is 0 Å². The fourth-order valence-electron chi connectivity index (χ4n) is 1.22. The van der Waals surface area contributed by atoms with Gasteiger partial charge in [0.25, 0.3) is 0 Å². The minimum absolute atomic E-state index is 0.146. The molecule has 5 nitrogen and oxygen atoms in total. The van der Waals surface area contributed by atoms with Crippen molar-refractivity contribution in [3.8, 4) is 0 Å². The number of aliphatic carboxylic acids is 2. The molecule has 14 heavy (non-hydrogen) atoms. The lowest BCUT2D eigenvalue weighted by atomic mass is 9.79. The number of carboxylic acids is 2. The van der Waals surface area contributed by atoms with Crippen molar-refractivity contribution >= 4 is 11.9 Å². The average molecular weight is 200 g/mol. The summed E-state index contributed by atoms with van der Waals surface area (Å²) in [6.07, 6.45) is 0.0141. The first kappa shape index (κ1) is 10.7. The summed E-state index contributed by atoms with van der Waals surface area (Å²) in [7, 11) is 0. The van der Waals surface area contributed by atoms with Gasteiger partial charge in [-0.3, -0.25) is 4.79 Å². The van der Waals surface area contributed by atoms with Crippen LogP contribution in [0.25, 0.3) is 0 Å². The molecule has 0 saturated carbocycles. The molecule has 2 atom stereocenters. The quantitative estimate of drug-likeness (QED) is 0.498. The number of epoxide rings is 1. The van der Waals surface area contributed by atoms with Crippen LogP contribution in [0.4, 0.5) is 0 Å². The molecule has 1 aliphatic rings. The van der Waals surface area contributed by atoms with Crippen molar-refractivity contribution in [1.82, 2.24) is 0 Å². The second-order valence-corrected chi connectivity index (χ2v) is 3.58. The SMILES string of the molecule is C=C(C(=O)O)C(C)(CC1CO1)C(=O)O. The van der Waals surface area contributed by atoms with E-state index in [-0.39, 0.29) is 18.1 Å². The monoisotopic (exact) mass is 200 g/mol. The van der Waals surface area contributed by atoms with Crippen LogP contribution in [0.15, 0.2) is 12.2 Å². The van der Waals surface area contributed by atoms with Crippen molar-refractivity contribution < 1.29 is 24.5 Å². The molecule has 2 N–H and O–H groups in total. The van der Waals surface area contributed by atoms with E-state index in [0.29, 0.717) is 6.61 Å². The van der Waals surface area contributed by atoms with Gasteiger partial charge in [-0.05, 0) is 13.3 Å². The smallest absolute Gasteiger partial charge is 0.332 e. The molecule has 5 heteroatoms. The molecular formula is C9H12O5. The maximum atomic E-state index is 11.0. The Labute approximate surface area is 81.0 Å². The third-order valence-corrected chi connectivity index (χ3v) is 2.43. The van der Waals surface area contributed by atoms with Gasteiger partial charge >= 0.3 is 11.9 Å². The van der Waals surface area contributed by atoms with Crippen molar-refractivity contribution in [1.29, 1.82) is 0 Å². The van der Waals surface area contributed by atoms with Gasteiger partial charge < -0.3 is 14.9 Å². The van der Waals surface area contributed by atoms with E-state index in [1.165, 1.54) is 6.92 Å². The third-order valence-electron chi connectivity index (χ3n) is 2.43. The van der Waals surface area contributed by atoms with Crippen LogP contribution in [-0.2, 0) is 14.3 Å². The highest BCUT2D eigenvalue weighted by atomic mass is 16.6. The van der Waals surface area contributed by atoms with Gasteiger partial charge in [-0.25, -0.2) is 4.79 Å². The molecular weight excluding hydrogens is 188 g/mol. The van der Waals surface area contributed by atoms with Gasteiger partial charge in [-0.2, -0.15) is 0 Å². The van der Waals surface area contributed by atoms with Crippen LogP contribution in [0, 0.1) is 5.41 Å². The number of carbonyl (C=O) groups is 2. The Kier molecular flexibility index (Phi) is 2.62. The van der Waals surface area contributed by atoms with Gasteiger partial charge in [0.1, 0.15) is 0 Å². The predicted molar refractivity (Wildman–Crippen MR) is 46.9 cm³/mol. The standard InChI is InChI=1S/C9H12O5/c1-5(7(10)11)9(2,8(12)13)3-6-4-14-6/h6H,1,3-4H2,2H3,(H,10,11)(H,12,13). The summed E-state index contributed by atoms with van der Waals surface area (Å²) in [5, 5.41) is 17.6. The van der Waals surface area contributed by atoms with Crippen LogP contribution in [-0.4, -0.2) is 34.9 Å². The molecule has 78 valence electrons. The molecule has 1 heterocycles. The summed E-state index contributed by atoms with van der Waals surface area (Å²) in [5.74, 6) is -2.46. The van der Waals surface area contributed by atoms with Crippen LogP contribution >= 0.6 is 0 Å². The van der Waals surface area contributed by atoms with E-state index in [2.05, 4.69) is 6.58 Å². The molecule has 0 spiro atoms. The first-order valence-corrected chi connectivity index (χ1v) is 4.15. The lowest BCUT2D eigenvalue weighted by molar-refractivity contribution is -0.149. The highest BCUT2D eigenvalue weighted by molar-refractivity contribution is 5.95. The van der Waals surface area contributed by atoms with Crippen LogP contribution < -0.4 is 0 Å². The Morgan fingerprint density at radius 1 is 1.57 bits per heavy atom. The van der Waals surface area contributed by atoms with Gasteiger partial charge in [0.05, 0.1) is 18.1 Å². The number of hydrogen-bond acceptors (Lipinski definition) is 3. The molecule has 0 bridgehead atoms. The van der Waals surface area contributed by atoms with Crippen molar-refractivity contribution in [3.05, 3.63) is 12.2 Å². The Morgan fingerprint density at radius 2 is 2.07 bits per heavy atom. The van der Waals surface area contributed by atoms with E-state index in [0.717, 1.165) is 0 Å². The molecule has 1 saturated heterocycles. The van der Waals surface area contributed by atoms with Crippen LogP contribution in [0.5, 0.6) is 0 Å². The first-order chi connectivity index (χ1) is 6.38. The highest BCUT2D eigenvalue weighted by Gasteiger charge is 2.44. The van der Waals surface area contributed by atoms with Gasteiger partial charge in [-0.1, -0.05) is 6.58 Å². The molecule has 2 unspecified atom stereocenters. The van der Waals surface area contributed by atoms with Crippen LogP contribution in [0.2, 0.25) is 0 Å². The maximum absolute atomic E-state index is 11.0. The number of carboxylic acid groups (broad SMARTS) is 2. The zero-order valence-electron chi connectivity index (χ0n) is 7.82. The first-order valence-electron chi connectivity index (χ1n) is 4.15. The normalized spacial score (nSPS) is 23.6. The van der Waals surface area contributed by atoms with E-state index < -0.39 is 17.4 Å². The molecule has 0 aromatic carbocycles. The number of ether oxygens (including phenoxy) is 1. The molecule has 0 amide bonds. The topological polar surface area (TPSA) is 87.1 Å². The van der Waals surface area contributed by atoms with Crippen molar-refractivity contribution in [2.45, 2.75) is 19.4 Å². The largest absolute Gasteiger partial charge is 0.481 e. The van der Waals surface area contributed by atoms with E-state index in [4.69, 9.17) is 14.9 Å². The fraction of sp³-hybridized carbons (Fsp3) is 0.556. The lowest BCUT2D eigenvalue weighted by Crippen LogP contribution is -2.34. The Hall–Kier alpha value is -1.36. The van der Waals surface area contributed by atoms with E-state index >= 15 is 0 Å². The zero-order valence-corrected chi connectivity index (χ0v) is 7.82.